The largest absolute Gasteiger partial charge is 0.416 e. The third-order valence-electron chi connectivity index (χ3n) is 3.85. The van der Waals surface area contributed by atoms with Crippen LogP contribution in [0.25, 0.3) is 5.65 Å². The molecule has 2 aromatic heterocycles. The number of aryl methyl sites for hydroxylation is 1. The van der Waals surface area contributed by atoms with Gasteiger partial charge in [-0.1, -0.05) is 12.1 Å². The minimum atomic E-state index is -4.47. The van der Waals surface area contributed by atoms with Crippen molar-refractivity contribution < 1.29 is 18.0 Å². The van der Waals surface area contributed by atoms with E-state index in [4.69, 9.17) is 0 Å². The molecule has 1 aromatic carbocycles. The fourth-order valence-corrected chi connectivity index (χ4v) is 2.57. The summed E-state index contributed by atoms with van der Waals surface area (Å²) in [5.41, 5.74) is 1.85. The van der Waals surface area contributed by atoms with Gasteiger partial charge in [0.05, 0.1) is 11.3 Å². The van der Waals surface area contributed by atoms with E-state index in [2.05, 4.69) is 10.3 Å². The summed E-state index contributed by atoms with van der Waals surface area (Å²) < 4.78 is 40.0. The second-order valence-electron chi connectivity index (χ2n) is 5.74. The third-order valence-corrected chi connectivity index (χ3v) is 3.85. The minimum absolute atomic E-state index is 0.0133. The number of carbonyl (C=O) groups excluding carboxylic acids is 1. The Morgan fingerprint density at radius 3 is 2.76 bits per heavy atom. The molecule has 0 aliphatic carbocycles. The maximum Gasteiger partial charge on any atom is 0.416 e. The summed E-state index contributed by atoms with van der Waals surface area (Å²) in [4.78, 5) is 16.5. The Bertz CT molecular complexity index is 915. The number of hydrogen-bond acceptors (Lipinski definition) is 2. The van der Waals surface area contributed by atoms with Crippen LogP contribution < -0.4 is 5.32 Å². The lowest BCUT2D eigenvalue weighted by atomic mass is 10.1. The summed E-state index contributed by atoms with van der Waals surface area (Å²) in [6.45, 7) is 2.25. The molecule has 0 radical (unpaired) electrons. The first-order chi connectivity index (χ1) is 11.8. The Kier molecular flexibility index (Phi) is 4.48. The van der Waals surface area contributed by atoms with Crippen molar-refractivity contribution in [1.29, 1.82) is 0 Å². The van der Waals surface area contributed by atoms with Crippen LogP contribution in [-0.4, -0.2) is 21.8 Å². The van der Waals surface area contributed by atoms with E-state index in [1.54, 1.807) is 0 Å². The molecule has 0 spiro atoms. The molecule has 4 nitrogen and oxygen atoms in total. The Morgan fingerprint density at radius 1 is 1.24 bits per heavy atom. The summed E-state index contributed by atoms with van der Waals surface area (Å²) >= 11 is 0. The number of pyridine rings is 1. The molecule has 7 heteroatoms. The number of imidazole rings is 1. The van der Waals surface area contributed by atoms with Gasteiger partial charge >= 0.3 is 6.18 Å². The molecule has 0 aliphatic rings. The molecule has 0 saturated heterocycles. The topological polar surface area (TPSA) is 46.4 Å². The first-order valence-corrected chi connectivity index (χ1v) is 7.73. The molecule has 0 atom stereocenters. The number of benzene rings is 1. The van der Waals surface area contributed by atoms with Crippen molar-refractivity contribution >= 4 is 11.6 Å². The van der Waals surface area contributed by atoms with Gasteiger partial charge in [0.15, 0.2) is 0 Å². The van der Waals surface area contributed by atoms with E-state index in [1.165, 1.54) is 12.1 Å². The van der Waals surface area contributed by atoms with Crippen molar-refractivity contribution in [3.8, 4) is 0 Å². The molecule has 2 heterocycles. The van der Waals surface area contributed by atoms with Crippen molar-refractivity contribution in [2.75, 3.05) is 6.54 Å². The van der Waals surface area contributed by atoms with Gasteiger partial charge < -0.3 is 9.72 Å². The Labute approximate surface area is 142 Å². The maximum absolute atomic E-state index is 12.7. The standard InChI is InChI=1S/C18H16F3N3O/c1-12-4-3-9-24-11-15(23-16(12)24)7-8-22-17(25)13-5-2-6-14(10-13)18(19,20)21/h2-6,9-11H,7-8H2,1H3,(H,22,25). The molecule has 130 valence electrons. The lowest BCUT2D eigenvalue weighted by Crippen LogP contribution is -2.26. The number of hydrogen-bond donors (Lipinski definition) is 1. The van der Waals surface area contributed by atoms with E-state index in [-0.39, 0.29) is 12.1 Å². The molecule has 1 amide bonds. The van der Waals surface area contributed by atoms with Crippen LogP contribution in [0.3, 0.4) is 0 Å². The lowest BCUT2D eigenvalue weighted by molar-refractivity contribution is -0.137. The summed E-state index contributed by atoms with van der Waals surface area (Å²) in [5, 5.41) is 2.63. The second kappa shape index (κ2) is 6.58. The fraction of sp³-hybridized carbons (Fsp3) is 0.222. The Balaban J connectivity index is 1.63. The summed E-state index contributed by atoms with van der Waals surface area (Å²) in [6, 6.07) is 8.26. The average molecular weight is 347 g/mol. The smallest absolute Gasteiger partial charge is 0.352 e. The van der Waals surface area contributed by atoms with Crippen LogP contribution >= 0.6 is 0 Å². The molecule has 3 aromatic rings. The van der Waals surface area contributed by atoms with Gasteiger partial charge in [0, 0.05) is 30.9 Å². The number of carbonyl (C=O) groups is 1. The van der Waals surface area contributed by atoms with Gasteiger partial charge in [-0.25, -0.2) is 4.98 Å². The zero-order valence-corrected chi connectivity index (χ0v) is 13.5. The van der Waals surface area contributed by atoms with Gasteiger partial charge in [-0.2, -0.15) is 13.2 Å². The van der Waals surface area contributed by atoms with Gasteiger partial charge in [0.25, 0.3) is 5.91 Å². The van der Waals surface area contributed by atoms with Crippen LogP contribution in [0.1, 0.15) is 27.2 Å². The van der Waals surface area contributed by atoms with Crippen molar-refractivity contribution in [2.24, 2.45) is 0 Å². The van der Waals surface area contributed by atoms with Crippen LogP contribution in [-0.2, 0) is 12.6 Å². The first-order valence-electron chi connectivity index (χ1n) is 7.73. The van der Waals surface area contributed by atoms with Crippen LogP contribution in [0.5, 0.6) is 0 Å². The summed E-state index contributed by atoms with van der Waals surface area (Å²) in [6.07, 6.45) is -0.213. The summed E-state index contributed by atoms with van der Waals surface area (Å²) in [7, 11) is 0. The molecule has 0 aliphatic heterocycles. The SMILES string of the molecule is Cc1cccn2cc(CCNC(=O)c3cccc(C(F)(F)F)c3)nc12. The fourth-order valence-electron chi connectivity index (χ4n) is 2.57. The number of rotatable bonds is 4. The summed E-state index contributed by atoms with van der Waals surface area (Å²) in [5.74, 6) is -0.536. The highest BCUT2D eigenvalue weighted by atomic mass is 19.4. The zero-order valence-electron chi connectivity index (χ0n) is 13.5. The number of amides is 1. The molecular weight excluding hydrogens is 331 g/mol. The second-order valence-corrected chi connectivity index (χ2v) is 5.74. The third kappa shape index (κ3) is 3.81. The monoisotopic (exact) mass is 347 g/mol. The lowest BCUT2D eigenvalue weighted by Gasteiger charge is -2.09. The van der Waals surface area contributed by atoms with E-state index in [0.717, 1.165) is 29.0 Å². The normalized spacial score (nSPS) is 11.7. The number of nitrogens with zero attached hydrogens (tertiary/aromatic N) is 2. The van der Waals surface area contributed by atoms with E-state index >= 15 is 0 Å². The Hall–Kier alpha value is -2.83. The van der Waals surface area contributed by atoms with Crippen LogP contribution in [0.15, 0.2) is 48.8 Å². The van der Waals surface area contributed by atoms with Crippen molar-refractivity contribution in [1.82, 2.24) is 14.7 Å². The average Bonchev–Trinajstić information content (AvgIpc) is 2.98. The highest BCUT2D eigenvalue weighted by Gasteiger charge is 2.30. The van der Waals surface area contributed by atoms with Crippen molar-refractivity contribution in [3.05, 3.63) is 71.2 Å². The van der Waals surface area contributed by atoms with E-state index in [0.29, 0.717) is 6.42 Å². The molecule has 1 N–H and O–H groups in total. The van der Waals surface area contributed by atoms with E-state index < -0.39 is 17.6 Å². The van der Waals surface area contributed by atoms with Gasteiger partial charge in [0.2, 0.25) is 0 Å². The maximum atomic E-state index is 12.7. The molecule has 0 fully saturated rings. The Morgan fingerprint density at radius 2 is 2.04 bits per heavy atom. The van der Waals surface area contributed by atoms with Gasteiger partial charge in [-0.3, -0.25) is 4.79 Å². The van der Waals surface area contributed by atoms with Gasteiger partial charge in [0.1, 0.15) is 5.65 Å². The highest BCUT2D eigenvalue weighted by molar-refractivity contribution is 5.94. The molecule has 25 heavy (non-hydrogen) atoms. The highest BCUT2D eigenvalue weighted by Crippen LogP contribution is 2.29. The minimum Gasteiger partial charge on any atom is -0.352 e. The molecule has 0 bridgehead atoms. The number of fused-ring (bicyclic) bond motifs is 1. The van der Waals surface area contributed by atoms with Gasteiger partial charge in [-0.05, 0) is 36.8 Å². The predicted molar refractivity (Wildman–Crippen MR) is 87.4 cm³/mol. The van der Waals surface area contributed by atoms with Crippen molar-refractivity contribution in [2.45, 2.75) is 19.5 Å². The number of halogens is 3. The van der Waals surface area contributed by atoms with Crippen LogP contribution in [0, 0.1) is 6.92 Å². The first kappa shape index (κ1) is 17.0. The van der Waals surface area contributed by atoms with E-state index in [1.807, 2.05) is 35.9 Å². The number of alkyl halides is 3. The van der Waals surface area contributed by atoms with Crippen molar-refractivity contribution in [3.63, 3.8) is 0 Å². The van der Waals surface area contributed by atoms with Crippen LogP contribution in [0.2, 0.25) is 0 Å². The molecule has 0 unspecified atom stereocenters. The van der Waals surface area contributed by atoms with E-state index in [9.17, 15) is 18.0 Å². The number of nitrogens with one attached hydrogen (secondary N) is 1. The number of aromatic nitrogens is 2. The molecule has 3 rings (SSSR count). The molecule has 0 saturated carbocycles. The van der Waals surface area contributed by atoms with Crippen LogP contribution in [0.4, 0.5) is 13.2 Å². The zero-order chi connectivity index (χ0) is 18.0. The quantitative estimate of drug-likeness (QED) is 0.783. The predicted octanol–water partition coefficient (Wildman–Crippen LogP) is 3.63. The van der Waals surface area contributed by atoms with Gasteiger partial charge in [-0.15, -0.1) is 0 Å². The molecular formula is C18H16F3N3O.